The second-order valence-electron chi connectivity index (χ2n) is 9.02. The van der Waals surface area contributed by atoms with E-state index in [1.54, 1.807) is 4.90 Å². The third kappa shape index (κ3) is 7.80. The Morgan fingerprint density at radius 2 is 1.30 bits per heavy atom. The molecule has 0 heterocycles. The first-order chi connectivity index (χ1) is 18.1. The predicted octanol–water partition coefficient (Wildman–Crippen LogP) is 5.33. The van der Waals surface area contributed by atoms with Crippen LogP contribution in [-0.2, 0) is 29.1 Å². The zero-order chi connectivity index (χ0) is 25.9. The number of rotatable bonds is 11. The lowest BCUT2D eigenvalue weighted by Crippen LogP contribution is -2.51. The minimum Gasteiger partial charge on any atom is -0.484 e. The number of carbonyl (C=O) groups excluding carboxylic acids is 2. The number of ether oxygens (including phenoxy) is 1. The van der Waals surface area contributed by atoms with E-state index in [1.807, 2.05) is 122 Å². The molecule has 2 amide bonds. The zero-order valence-electron chi connectivity index (χ0n) is 21.0. The first-order valence-corrected chi connectivity index (χ1v) is 12.5. The average Bonchev–Trinajstić information content (AvgIpc) is 2.95. The van der Waals surface area contributed by atoms with Crippen molar-refractivity contribution in [3.63, 3.8) is 0 Å². The molecule has 4 aromatic carbocycles. The molecular formula is C32H32N2O3. The van der Waals surface area contributed by atoms with Gasteiger partial charge in [-0.3, -0.25) is 9.59 Å². The average molecular weight is 493 g/mol. The number of amides is 2. The lowest BCUT2D eigenvalue weighted by molar-refractivity contribution is -0.142. The Hall–Kier alpha value is -4.38. The Morgan fingerprint density at radius 1 is 0.730 bits per heavy atom. The summed E-state index contributed by atoms with van der Waals surface area (Å²) in [7, 11) is 0. The van der Waals surface area contributed by atoms with E-state index in [-0.39, 0.29) is 18.4 Å². The lowest BCUT2D eigenvalue weighted by atomic mass is 10.0. The standard InChI is InChI=1S/C32H32N2O3/c1-25-17-19-27(20-18-25)22-33-32(36)30(21-26-11-5-2-6-12-26)34(23-28-13-7-3-8-14-28)31(35)24-37-29-15-9-4-10-16-29/h2-20,30H,21-24H2,1H3,(H,33,36)/t30-/m0/s1. The first-order valence-electron chi connectivity index (χ1n) is 12.5. The Bertz CT molecular complexity index is 1260. The van der Waals surface area contributed by atoms with Gasteiger partial charge in [0.1, 0.15) is 11.8 Å². The van der Waals surface area contributed by atoms with Gasteiger partial charge in [-0.2, -0.15) is 0 Å². The van der Waals surface area contributed by atoms with Gasteiger partial charge in [0.05, 0.1) is 0 Å². The van der Waals surface area contributed by atoms with Crippen molar-refractivity contribution < 1.29 is 14.3 Å². The molecule has 188 valence electrons. The summed E-state index contributed by atoms with van der Waals surface area (Å²) in [6.45, 7) is 2.56. The van der Waals surface area contributed by atoms with Crippen LogP contribution in [0, 0.1) is 6.92 Å². The molecule has 0 bridgehead atoms. The van der Waals surface area contributed by atoms with E-state index < -0.39 is 6.04 Å². The van der Waals surface area contributed by atoms with Gasteiger partial charge in [-0.1, -0.05) is 109 Å². The van der Waals surface area contributed by atoms with Crippen molar-refractivity contribution in [3.05, 3.63) is 138 Å². The molecular weight excluding hydrogens is 460 g/mol. The van der Waals surface area contributed by atoms with E-state index in [0.29, 0.717) is 25.3 Å². The van der Waals surface area contributed by atoms with E-state index in [1.165, 1.54) is 0 Å². The van der Waals surface area contributed by atoms with Gasteiger partial charge in [0, 0.05) is 19.5 Å². The van der Waals surface area contributed by atoms with Gasteiger partial charge < -0.3 is 15.0 Å². The molecule has 1 N–H and O–H groups in total. The molecule has 0 spiro atoms. The Balaban J connectivity index is 1.58. The highest BCUT2D eigenvalue weighted by molar-refractivity contribution is 5.88. The topological polar surface area (TPSA) is 58.6 Å². The van der Waals surface area contributed by atoms with Crippen LogP contribution < -0.4 is 10.1 Å². The molecule has 0 radical (unpaired) electrons. The second-order valence-corrected chi connectivity index (χ2v) is 9.02. The fourth-order valence-electron chi connectivity index (χ4n) is 4.09. The Morgan fingerprint density at radius 3 is 1.92 bits per heavy atom. The quantitative estimate of drug-likeness (QED) is 0.308. The molecule has 0 aromatic heterocycles. The van der Waals surface area contributed by atoms with E-state index >= 15 is 0 Å². The van der Waals surface area contributed by atoms with Gasteiger partial charge in [-0.15, -0.1) is 0 Å². The number of hydrogen-bond acceptors (Lipinski definition) is 3. The fraction of sp³-hybridized carbons (Fsp3) is 0.188. The number of carbonyl (C=O) groups is 2. The van der Waals surface area contributed by atoms with Crippen molar-refractivity contribution in [1.82, 2.24) is 10.2 Å². The highest BCUT2D eigenvalue weighted by Crippen LogP contribution is 2.16. The third-order valence-electron chi connectivity index (χ3n) is 6.16. The molecule has 0 aliphatic heterocycles. The summed E-state index contributed by atoms with van der Waals surface area (Å²) >= 11 is 0. The van der Waals surface area contributed by atoms with Crippen LogP contribution in [0.3, 0.4) is 0 Å². The smallest absolute Gasteiger partial charge is 0.261 e. The molecule has 37 heavy (non-hydrogen) atoms. The summed E-state index contributed by atoms with van der Waals surface area (Å²) in [6.07, 6.45) is 0.393. The van der Waals surface area contributed by atoms with Crippen LogP contribution in [0.15, 0.2) is 115 Å². The number of nitrogens with zero attached hydrogens (tertiary/aromatic N) is 1. The van der Waals surface area contributed by atoms with Crippen molar-refractivity contribution in [1.29, 1.82) is 0 Å². The van der Waals surface area contributed by atoms with Crippen LogP contribution in [0.2, 0.25) is 0 Å². The molecule has 4 aromatic rings. The van der Waals surface area contributed by atoms with Crippen LogP contribution >= 0.6 is 0 Å². The van der Waals surface area contributed by atoms with Crippen LogP contribution in [0.5, 0.6) is 5.75 Å². The molecule has 0 aliphatic rings. The number of hydrogen-bond donors (Lipinski definition) is 1. The van der Waals surface area contributed by atoms with Crippen molar-refractivity contribution in [2.24, 2.45) is 0 Å². The van der Waals surface area contributed by atoms with Crippen LogP contribution in [0.1, 0.15) is 22.3 Å². The monoisotopic (exact) mass is 492 g/mol. The SMILES string of the molecule is Cc1ccc(CNC(=O)[C@H](Cc2ccccc2)N(Cc2ccccc2)C(=O)COc2ccccc2)cc1. The van der Waals surface area contributed by atoms with Gasteiger partial charge in [0.25, 0.3) is 5.91 Å². The molecule has 5 nitrogen and oxygen atoms in total. The normalized spacial score (nSPS) is 11.4. The van der Waals surface area contributed by atoms with Crippen LogP contribution in [0.4, 0.5) is 0 Å². The maximum Gasteiger partial charge on any atom is 0.261 e. The van der Waals surface area contributed by atoms with Gasteiger partial charge in [0.15, 0.2) is 6.61 Å². The molecule has 0 fully saturated rings. The minimum atomic E-state index is -0.708. The summed E-state index contributed by atoms with van der Waals surface area (Å²) < 4.78 is 5.78. The fourth-order valence-corrected chi connectivity index (χ4v) is 4.09. The van der Waals surface area contributed by atoms with E-state index in [0.717, 1.165) is 22.3 Å². The Labute approximate surface area is 218 Å². The van der Waals surface area contributed by atoms with E-state index in [9.17, 15) is 9.59 Å². The molecule has 0 saturated heterocycles. The Kier molecular flexibility index (Phi) is 9.08. The van der Waals surface area contributed by atoms with E-state index in [4.69, 9.17) is 4.74 Å². The molecule has 5 heteroatoms. The molecule has 0 unspecified atom stereocenters. The highest BCUT2D eigenvalue weighted by Gasteiger charge is 2.30. The first kappa shape index (κ1) is 25.7. The second kappa shape index (κ2) is 13.1. The summed E-state index contributed by atoms with van der Waals surface area (Å²) in [4.78, 5) is 28.9. The van der Waals surface area contributed by atoms with E-state index in [2.05, 4.69) is 5.32 Å². The van der Waals surface area contributed by atoms with Crippen molar-refractivity contribution in [2.75, 3.05) is 6.61 Å². The predicted molar refractivity (Wildman–Crippen MR) is 146 cm³/mol. The van der Waals surface area contributed by atoms with Gasteiger partial charge in [0.2, 0.25) is 5.91 Å². The van der Waals surface area contributed by atoms with Gasteiger partial charge in [-0.25, -0.2) is 0 Å². The van der Waals surface area contributed by atoms with Gasteiger partial charge >= 0.3 is 0 Å². The summed E-state index contributed by atoms with van der Waals surface area (Å²) in [5, 5.41) is 3.06. The summed E-state index contributed by atoms with van der Waals surface area (Å²) in [5.74, 6) is 0.159. The lowest BCUT2D eigenvalue weighted by Gasteiger charge is -2.31. The molecule has 0 saturated carbocycles. The van der Waals surface area contributed by atoms with Crippen molar-refractivity contribution >= 4 is 11.8 Å². The van der Waals surface area contributed by atoms with Crippen molar-refractivity contribution in [2.45, 2.75) is 32.5 Å². The summed E-state index contributed by atoms with van der Waals surface area (Å²) in [6, 6.07) is 36.1. The van der Waals surface area contributed by atoms with Gasteiger partial charge in [-0.05, 0) is 35.7 Å². The van der Waals surface area contributed by atoms with Crippen LogP contribution in [-0.4, -0.2) is 29.4 Å². The third-order valence-corrected chi connectivity index (χ3v) is 6.16. The maximum atomic E-state index is 13.7. The maximum absolute atomic E-state index is 13.7. The molecule has 4 rings (SSSR count). The number of benzene rings is 4. The number of aryl methyl sites for hydroxylation is 1. The van der Waals surface area contributed by atoms with Crippen molar-refractivity contribution in [3.8, 4) is 5.75 Å². The highest BCUT2D eigenvalue weighted by atomic mass is 16.5. The molecule has 0 aliphatic carbocycles. The molecule has 1 atom stereocenters. The number of para-hydroxylation sites is 1. The number of nitrogens with one attached hydrogen (secondary N) is 1. The largest absolute Gasteiger partial charge is 0.484 e. The zero-order valence-corrected chi connectivity index (χ0v) is 21.0. The minimum absolute atomic E-state index is 0.159. The summed E-state index contributed by atoms with van der Waals surface area (Å²) in [5.41, 5.74) is 4.09. The van der Waals surface area contributed by atoms with Crippen LogP contribution in [0.25, 0.3) is 0 Å².